The van der Waals surface area contributed by atoms with E-state index in [0.717, 1.165) is 23.1 Å². The topological polar surface area (TPSA) is 0 Å². The van der Waals surface area contributed by atoms with Gasteiger partial charge in [-0.05, 0) is 36.6 Å². The Kier molecular flexibility index (Phi) is 2.64. The molecule has 0 saturated heterocycles. The summed E-state index contributed by atoms with van der Waals surface area (Å²) in [6.07, 6.45) is 0.847. The van der Waals surface area contributed by atoms with Crippen molar-refractivity contribution >= 4 is 5.57 Å². The molecule has 0 spiro atoms. The molecule has 0 heterocycles. The van der Waals surface area contributed by atoms with E-state index < -0.39 is 0 Å². The molecule has 0 aliphatic rings. The van der Waals surface area contributed by atoms with Crippen molar-refractivity contribution in [1.29, 1.82) is 0 Å². The lowest BCUT2D eigenvalue weighted by atomic mass is 10.0. The summed E-state index contributed by atoms with van der Waals surface area (Å²) in [6.45, 7) is 7.79. The van der Waals surface area contributed by atoms with Gasteiger partial charge in [0.2, 0.25) is 0 Å². The van der Waals surface area contributed by atoms with Crippen LogP contribution in [0.15, 0.2) is 24.8 Å². The van der Waals surface area contributed by atoms with E-state index in [9.17, 15) is 4.39 Å². The summed E-state index contributed by atoms with van der Waals surface area (Å²) >= 11 is 0. The highest BCUT2D eigenvalue weighted by Gasteiger charge is 2.01. The molecular formula is C11H13F. The molecule has 0 atom stereocenters. The molecule has 0 fully saturated rings. The third-order valence-electron chi connectivity index (χ3n) is 1.91. The van der Waals surface area contributed by atoms with Crippen LogP contribution in [-0.2, 0) is 6.42 Å². The fraction of sp³-hybridized carbons (Fsp3) is 0.273. The lowest BCUT2D eigenvalue weighted by Crippen LogP contribution is -1.90. The Morgan fingerprint density at radius 1 is 1.50 bits per heavy atom. The van der Waals surface area contributed by atoms with Crippen LogP contribution >= 0.6 is 0 Å². The first kappa shape index (κ1) is 8.98. The van der Waals surface area contributed by atoms with Gasteiger partial charge in [-0.3, -0.25) is 0 Å². The number of rotatable bonds is 2. The van der Waals surface area contributed by atoms with Gasteiger partial charge in [-0.15, -0.1) is 0 Å². The largest absolute Gasteiger partial charge is 0.207 e. The first-order chi connectivity index (χ1) is 5.65. The highest BCUT2D eigenvalue weighted by atomic mass is 19.1. The van der Waals surface area contributed by atoms with Crippen LogP contribution in [0, 0.1) is 5.82 Å². The van der Waals surface area contributed by atoms with Crippen molar-refractivity contribution in [2.24, 2.45) is 0 Å². The molecule has 0 unspecified atom stereocenters. The normalized spacial score (nSPS) is 9.92. The van der Waals surface area contributed by atoms with Crippen LogP contribution in [0.25, 0.3) is 5.57 Å². The Balaban J connectivity index is 3.20. The van der Waals surface area contributed by atoms with Gasteiger partial charge in [0, 0.05) is 0 Å². The van der Waals surface area contributed by atoms with Crippen molar-refractivity contribution < 1.29 is 4.39 Å². The second-order valence-electron chi connectivity index (χ2n) is 2.94. The summed E-state index contributed by atoms with van der Waals surface area (Å²) in [7, 11) is 0. The van der Waals surface area contributed by atoms with Crippen LogP contribution in [0.1, 0.15) is 25.0 Å². The molecule has 0 saturated carbocycles. The second-order valence-corrected chi connectivity index (χ2v) is 2.94. The summed E-state index contributed by atoms with van der Waals surface area (Å²) in [6, 6.07) is 4.84. The zero-order chi connectivity index (χ0) is 9.14. The lowest BCUT2D eigenvalue weighted by Gasteiger charge is -2.06. The monoisotopic (exact) mass is 164 g/mol. The van der Waals surface area contributed by atoms with E-state index in [1.54, 1.807) is 12.1 Å². The summed E-state index contributed by atoms with van der Waals surface area (Å²) < 4.78 is 12.8. The van der Waals surface area contributed by atoms with Gasteiger partial charge in [0.15, 0.2) is 0 Å². The molecule has 64 valence electrons. The number of halogens is 1. The minimum absolute atomic E-state index is 0.170. The fourth-order valence-electron chi connectivity index (χ4n) is 1.27. The highest BCUT2D eigenvalue weighted by molar-refractivity contribution is 5.64. The van der Waals surface area contributed by atoms with Crippen LogP contribution in [0.4, 0.5) is 4.39 Å². The Morgan fingerprint density at radius 2 is 2.17 bits per heavy atom. The van der Waals surface area contributed by atoms with Crippen molar-refractivity contribution in [2.75, 3.05) is 0 Å². The summed E-state index contributed by atoms with van der Waals surface area (Å²) in [5.74, 6) is -0.170. The highest BCUT2D eigenvalue weighted by Crippen LogP contribution is 2.18. The van der Waals surface area contributed by atoms with Gasteiger partial charge in [-0.1, -0.05) is 25.1 Å². The van der Waals surface area contributed by atoms with Gasteiger partial charge in [0.1, 0.15) is 5.82 Å². The van der Waals surface area contributed by atoms with E-state index >= 15 is 0 Å². The minimum Gasteiger partial charge on any atom is -0.207 e. The van der Waals surface area contributed by atoms with Crippen molar-refractivity contribution in [3.05, 3.63) is 41.7 Å². The van der Waals surface area contributed by atoms with Crippen LogP contribution in [0.3, 0.4) is 0 Å². The van der Waals surface area contributed by atoms with Crippen LogP contribution in [-0.4, -0.2) is 0 Å². The van der Waals surface area contributed by atoms with Gasteiger partial charge in [0.05, 0.1) is 0 Å². The van der Waals surface area contributed by atoms with E-state index in [4.69, 9.17) is 0 Å². The van der Waals surface area contributed by atoms with Crippen LogP contribution in [0.2, 0.25) is 0 Å². The Bertz CT molecular complexity index is 300. The molecule has 1 aromatic rings. The standard InChI is InChI=1S/C11H13F/c1-4-9-7-10(12)5-6-11(9)8(2)3/h5-7H,2,4H2,1,3H3. The lowest BCUT2D eigenvalue weighted by molar-refractivity contribution is 0.625. The summed E-state index contributed by atoms with van der Waals surface area (Å²) in [5, 5.41) is 0. The molecule has 0 radical (unpaired) electrons. The van der Waals surface area contributed by atoms with Gasteiger partial charge in [-0.25, -0.2) is 4.39 Å². The average molecular weight is 164 g/mol. The van der Waals surface area contributed by atoms with Crippen LogP contribution in [0.5, 0.6) is 0 Å². The molecule has 0 aliphatic carbocycles. The summed E-state index contributed by atoms with van der Waals surface area (Å²) in [4.78, 5) is 0. The van der Waals surface area contributed by atoms with Crippen molar-refractivity contribution in [2.45, 2.75) is 20.3 Å². The molecule has 0 bridgehead atoms. The Hall–Kier alpha value is -1.11. The molecule has 1 aromatic carbocycles. The molecule has 0 aromatic heterocycles. The number of benzene rings is 1. The molecule has 1 heteroatoms. The van der Waals surface area contributed by atoms with Gasteiger partial charge >= 0.3 is 0 Å². The molecule has 1 rings (SSSR count). The molecule has 12 heavy (non-hydrogen) atoms. The third-order valence-corrected chi connectivity index (χ3v) is 1.91. The smallest absolute Gasteiger partial charge is 0.123 e. The number of allylic oxidation sites excluding steroid dienone is 1. The molecular weight excluding hydrogens is 151 g/mol. The summed E-state index contributed by atoms with van der Waals surface area (Å²) in [5.41, 5.74) is 3.09. The third kappa shape index (κ3) is 1.73. The van der Waals surface area contributed by atoms with Gasteiger partial charge in [-0.2, -0.15) is 0 Å². The molecule has 0 N–H and O–H groups in total. The fourth-order valence-corrected chi connectivity index (χ4v) is 1.27. The minimum atomic E-state index is -0.170. The maximum Gasteiger partial charge on any atom is 0.123 e. The van der Waals surface area contributed by atoms with E-state index in [-0.39, 0.29) is 5.82 Å². The average Bonchev–Trinajstić information content (AvgIpc) is 2.03. The maximum absolute atomic E-state index is 12.8. The molecule has 0 aliphatic heterocycles. The van der Waals surface area contributed by atoms with Crippen molar-refractivity contribution in [3.63, 3.8) is 0 Å². The predicted octanol–water partition coefficient (Wildman–Crippen LogP) is 3.42. The van der Waals surface area contributed by atoms with Crippen molar-refractivity contribution in [1.82, 2.24) is 0 Å². The van der Waals surface area contributed by atoms with Gasteiger partial charge < -0.3 is 0 Å². The first-order valence-corrected chi connectivity index (χ1v) is 4.09. The quantitative estimate of drug-likeness (QED) is 0.628. The van der Waals surface area contributed by atoms with Crippen molar-refractivity contribution in [3.8, 4) is 0 Å². The van der Waals surface area contributed by atoms with E-state index in [0.29, 0.717) is 0 Å². The zero-order valence-corrected chi connectivity index (χ0v) is 7.52. The SMILES string of the molecule is C=C(C)c1ccc(F)cc1CC. The molecule has 0 nitrogen and oxygen atoms in total. The van der Waals surface area contributed by atoms with E-state index in [1.807, 2.05) is 13.8 Å². The second kappa shape index (κ2) is 3.53. The number of hydrogen-bond acceptors (Lipinski definition) is 0. The van der Waals surface area contributed by atoms with E-state index in [2.05, 4.69) is 6.58 Å². The zero-order valence-electron chi connectivity index (χ0n) is 7.52. The number of hydrogen-bond donors (Lipinski definition) is 0. The molecule has 0 amide bonds. The maximum atomic E-state index is 12.8. The van der Waals surface area contributed by atoms with E-state index in [1.165, 1.54) is 6.07 Å². The Labute approximate surface area is 72.7 Å². The number of aryl methyl sites for hydroxylation is 1. The first-order valence-electron chi connectivity index (χ1n) is 4.09. The Morgan fingerprint density at radius 3 is 2.67 bits per heavy atom. The van der Waals surface area contributed by atoms with Gasteiger partial charge in [0.25, 0.3) is 0 Å². The van der Waals surface area contributed by atoms with Crippen LogP contribution < -0.4 is 0 Å². The predicted molar refractivity (Wildman–Crippen MR) is 50.5 cm³/mol.